The van der Waals surface area contributed by atoms with Gasteiger partial charge in [-0.3, -0.25) is 4.79 Å². The summed E-state index contributed by atoms with van der Waals surface area (Å²) in [6.07, 6.45) is 7.04. The van der Waals surface area contributed by atoms with Gasteiger partial charge >= 0.3 is 0 Å². The van der Waals surface area contributed by atoms with Gasteiger partial charge in [-0.15, -0.1) is 11.6 Å². The Hall–Kier alpha value is -0.240. The Morgan fingerprint density at radius 1 is 1.46 bits per heavy atom. The molecule has 2 rings (SSSR count). The Morgan fingerprint density at radius 2 is 2.15 bits per heavy atom. The van der Waals surface area contributed by atoms with Gasteiger partial charge in [0, 0.05) is 18.3 Å². The zero-order valence-electron chi connectivity index (χ0n) is 7.81. The minimum absolute atomic E-state index is 0.120. The van der Waals surface area contributed by atoms with Crippen LogP contribution < -0.4 is 5.32 Å². The molecule has 2 fully saturated rings. The van der Waals surface area contributed by atoms with Crippen molar-refractivity contribution in [1.82, 2.24) is 5.32 Å². The monoisotopic (exact) mass is 201 g/mol. The molecule has 74 valence electrons. The summed E-state index contributed by atoms with van der Waals surface area (Å²) < 4.78 is 0. The topological polar surface area (TPSA) is 29.1 Å². The van der Waals surface area contributed by atoms with E-state index < -0.39 is 0 Å². The number of carbonyl (C=O) groups is 1. The molecule has 0 atom stereocenters. The summed E-state index contributed by atoms with van der Waals surface area (Å²) in [7, 11) is 0. The highest BCUT2D eigenvalue weighted by Gasteiger charge is 2.48. The number of hydrogen-bond donors (Lipinski definition) is 1. The predicted octanol–water partition coefficient (Wildman–Crippen LogP) is 2.06. The number of hydrogen-bond acceptors (Lipinski definition) is 1. The van der Waals surface area contributed by atoms with Gasteiger partial charge in [0.1, 0.15) is 0 Å². The molecule has 0 aromatic heterocycles. The molecule has 2 aliphatic carbocycles. The Labute approximate surface area is 84.0 Å². The van der Waals surface area contributed by atoms with Crippen LogP contribution in [0.25, 0.3) is 0 Å². The highest BCUT2D eigenvalue weighted by Crippen LogP contribution is 2.55. The minimum atomic E-state index is 0.120. The Bertz CT molecular complexity index is 205. The van der Waals surface area contributed by atoms with E-state index in [-0.39, 0.29) is 5.91 Å². The maximum absolute atomic E-state index is 11.2. The Kier molecular flexibility index (Phi) is 2.50. The van der Waals surface area contributed by atoms with Crippen LogP contribution in [0.15, 0.2) is 0 Å². The fourth-order valence-corrected chi connectivity index (χ4v) is 2.73. The quantitative estimate of drug-likeness (QED) is 0.696. The van der Waals surface area contributed by atoms with E-state index in [4.69, 9.17) is 11.6 Å². The van der Waals surface area contributed by atoms with Crippen LogP contribution in [-0.2, 0) is 4.79 Å². The molecule has 2 nitrogen and oxygen atoms in total. The zero-order valence-corrected chi connectivity index (χ0v) is 8.57. The van der Waals surface area contributed by atoms with Crippen LogP contribution in [0.2, 0.25) is 0 Å². The van der Waals surface area contributed by atoms with Gasteiger partial charge in [-0.25, -0.2) is 0 Å². The molecule has 1 spiro atoms. The van der Waals surface area contributed by atoms with E-state index in [1.807, 2.05) is 0 Å². The van der Waals surface area contributed by atoms with Crippen LogP contribution in [0.5, 0.6) is 0 Å². The van der Waals surface area contributed by atoms with E-state index >= 15 is 0 Å². The van der Waals surface area contributed by atoms with Crippen LogP contribution in [0, 0.1) is 5.41 Å². The molecule has 13 heavy (non-hydrogen) atoms. The first kappa shape index (κ1) is 9.32. The third-order valence-electron chi connectivity index (χ3n) is 3.46. The molecule has 0 saturated heterocycles. The number of rotatable bonds is 3. The van der Waals surface area contributed by atoms with Crippen molar-refractivity contribution in [2.24, 2.45) is 5.41 Å². The second kappa shape index (κ2) is 3.49. The van der Waals surface area contributed by atoms with Crippen LogP contribution in [0.4, 0.5) is 0 Å². The number of halogens is 1. The summed E-state index contributed by atoms with van der Waals surface area (Å²) in [5, 5.41) is 3.02. The van der Waals surface area contributed by atoms with Crippen molar-refractivity contribution in [3.63, 3.8) is 0 Å². The maximum Gasteiger partial charge on any atom is 0.221 e. The number of nitrogens with one attached hydrogen (secondary N) is 1. The van der Waals surface area contributed by atoms with Gasteiger partial charge in [0.25, 0.3) is 0 Å². The van der Waals surface area contributed by atoms with Gasteiger partial charge < -0.3 is 5.32 Å². The number of carbonyl (C=O) groups excluding carboxylic acids is 1. The van der Waals surface area contributed by atoms with Crippen molar-refractivity contribution >= 4 is 17.5 Å². The lowest BCUT2D eigenvalue weighted by molar-refractivity contribution is -0.124. The smallest absolute Gasteiger partial charge is 0.221 e. The molecule has 2 saturated carbocycles. The van der Waals surface area contributed by atoms with Crippen molar-refractivity contribution in [3.8, 4) is 0 Å². The third-order valence-corrected chi connectivity index (χ3v) is 3.65. The molecule has 0 aromatic carbocycles. The van der Waals surface area contributed by atoms with Gasteiger partial charge in [-0.1, -0.05) is 6.42 Å². The first-order valence-electron chi connectivity index (χ1n) is 5.09. The SMILES string of the molecule is O=C(CCCl)NC1CC2(CCC2)C1. The third kappa shape index (κ3) is 1.83. The van der Waals surface area contributed by atoms with Gasteiger partial charge in [0.2, 0.25) is 5.91 Å². The highest BCUT2D eigenvalue weighted by molar-refractivity contribution is 6.18. The molecule has 1 amide bonds. The van der Waals surface area contributed by atoms with Crippen LogP contribution >= 0.6 is 11.6 Å². The summed E-state index contributed by atoms with van der Waals surface area (Å²) in [4.78, 5) is 11.2. The summed E-state index contributed by atoms with van der Waals surface area (Å²) in [6.45, 7) is 0. The summed E-state index contributed by atoms with van der Waals surface area (Å²) in [5.74, 6) is 0.554. The molecule has 3 heteroatoms. The highest BCUT2D eigenvalue weighted by atomic mass is 35.5. The minimum Gasteiger partial charge on any atom is -0.353 e. The first-order valence-corrected chi connectivity index (χ1v) is 5.63. The van der Waals surface area contributed by atoms with E-state index in [1.54, 1.807) is 0 Å². The predicted molar refractivity (Wildman–Crippen MR) is 52.8 cm³/mol. The van der Waals surface area contributed by atoms with E-state index in [2.05, 4.69) is 5.32 Å². The van der Waals surface area contributed by atoms with E-state index in [0.717, 1.165) is 0 Å². The van der Waals surface area contributed by atoms with Crippen LogP contribution in [-0.4, -0.2) is 17.8 Å². The molecule has 0 radical (unpaired) electrons. The molecular formula is C10H16ClNO. The largest absolute Gasteiger partial charge is 0.353 e. The molecule has 0 unspecified atom stereocenters. The van der Waals surface area contributed by atoms with Crippen molar-refractivity contribution in [2.45, 2.75) is 44.6 Å². The first-order chi connectivity index (χ1) is 6.24. The molecule has 0 heterocycles. The standard InChI is InChI=1S/C10H16ClNO/c11-5-2-9(13)12-8-6-10(7-8)3-1-4-10/h8H,1-7H2,(H,12,13). The summed E-state index contributed by atoms with van der Waals surface area (Å²) in [6, 6.07) is 0.455. The summed E-state index contributed by atoms with van der Waals surface area (Å²) >= 11 is 5.47. The molecule has 0 aliphatic heterocycles. The molecule has 2 aliphatic rings. The van der Waals surface area contributed by atoms with E-state index in [0.29, 0.717) is 23.8 Å². The Balaban J connectivity index is 1.66. The van der Waals surface area contributed by atoms with Crippen molar-refractivity contribution in [2.75, 3.05) is 5.88 Å². The van der Waals surface area contributed by atoms with Crippen molar-refractivity contribution in [1.29, 1.82) is 0 Å². The normalized spacial score (nSPS) is 25.0. The van der Waals surface area contributed by atoms with Gasteiger partial charge in [-0.2, -0.15) is 0 Å². The maximum atomic E-state index is 11.2. The fraction of sp³-hybridized carbons (Fsp3) is 0.900. The van der Waals surface area contributed by atoms with Gasteiger partial charge in [0.15, 0.2) is 0 Å². The zero-order chi connectivity index (χ0) is 9.31. The van der Waals surface area contributed by atoms with E-state index in [9.17, 15) is 4.79 Å². The molecule has 0 bridgehead atoms. The van der Waals surface area contributed by atoms with Crippen LogP contribution in [0.1, 0.15) is 38.5 Å². The lowest BCUT2D eigenvalue weighted by atomic mass is 9.54. The van der Waals surface area contributed by atoms with Crippen molar-refractivity contribution < 1.29 is 4.79 Å². The lowest BCUT2D eigenvalue weighted by Crippen LogP contribution is -2.53. The average molecular weight is 202 g/mol. The van der Waals surface area contributed by atoms with Crippen molar-refractivity contribution in [3.05, 3.63) is 0 Å². The van der Waals surface area contributed by atoms with Gasteiger partial charge in [-0.05, 0) is 31.1 Å². The second-order valence-corrected chi connectivity index (χ2v) is 4.84. The van der Waals surface area contributed by atoms with E-state index in [1.165, 1.54) is 32.1 Å². The lowest BCUT2D eigenvalue weighted by Gasteiger charge is -2.54. The average Bonchev–Trinajstić information content (AvgIpc) is 1.92. The molecule has 0 aromatic rings. The summed E-state index contributed by atoms with van der Waals surface area (Å²) in [5.41, 5.74) is 0.652. The fourth-order valence-electron chi connectivity index (χ4n) is 2.56. The van der Waals surface area contributed by atoms with Crippen LogP contribution in [0.3, 0.4) is 0 Å². The Morgan fingerprint density at radius 3 is 2.62 bits per heavy atom. The number of amides is 1. The molecular weight excluding hydrogens is 186 g/mol. The number of alkyl halides is 1. The molecule has 1 N–H and O–H groups in total. The second-order valence-electron chi connectivity index (χ2n) is 4.47. The van der Waals surface area contributed by atoms with Gasteiger partial charge in [0.05, 0.1) is 0 Å².